The van der Waals surface area contributed by atoms with E-state index < -0.39 is 0 Å². The molecule has 1 saturated heterocycles. The van der Waals surface area contributed by atoms with Crippen LogP contribution in [0, 0.1) is 12.7 Å². The van der Waals surface area contributed by atoms with Crippen LogP contribution in [0.15, 0.2) is 78.9 Å². The molecule has 0 bridgehead atoms. The molecule has 4 nitrogen and oxygen atoms in total. The molecule has 1 aliphatic heterocycles. The third-order valence-electron chi connectivity index (χ3n) is 6.32. The lowest BCUT2D eigenvalue weighted by molar-refractivity contribution is -0.130. The van der Waals surface area contributed by atoms with Crippen molar-refractivity contribution < 1.29 is 13.9 Å². The van der Waals surface area contributed by atoms with Crippen molar-refractivity contribution in [3.05, 3.63) is 101 Å². The van der Waals surface area contributed by atoms with Gasteiger partial charge >= 0.3 is 0 Å². The summed E-state index contributed by atoms with van der Waals surface area (Å²) in [5.41, 5.74) is 5.19. The molecule has 0 aliphatic carbocycles. The van der Waals surface area contributed by atoms with E-state index in [4.69, 9.17) is 4.74 Å². The summed E-state index contributed by atoms with van der Waals surface area (Å²) < 4.78 is 19.2. The van der Waals surface area contributed by atoms with Crippen molar-refractivity contribution >= 4 is 17.2 Å². The normalized spacial score (nSPS) is 14.3. The maximum absolute atomic E-state index is 14.1. The summed E-state index contributed by atoms with van der Waals surface area (Å²) >= 11 is 0. The van der Waals surface area contributed by atoms with Gasteiger partial charge in [-0.15, -0.1) is 0 Å². The summed E-state index contributed by atoms with van der Waals surface area (Å²) in [5.74, 6) is -0.0191. The first-order valence-electron chi connectivity index (χ1n) is 11.7. The number of hydrogen-bond donors (Lipinski definition) is 0. The van der Waals surface area contributed by atoms with Gasteiger partial charge in [0.2, 0.25) is 5.91 Å². The van der Waals surface area contributed by atoms with E-state index in [2.05, 4.69) is 41.3 Å². The Labute approximate surface area is 201 Å². The zero-order chi connectivity index (χ0) is 23.9. The monoisotopic (exact) mass is 458 g/mol. The molecule has 0 unspecified atom stereocenters. The molecule has 3 aromatic carbocycles. The van der Waals surface area contributed by atoms with Crippen molar-refractivity contribution in [3.63, 3.8) is 0 Å². The molecule has 1 amide bonds. The van der Waals surface area contributed by atoms with Gasteiger partial charge in [0.05, 0.1) is 13.5 Å². The first-order chi connectivity index (χ1) is 16.5. The van der Waals surface area contributed by atoms with Crippen molar-refractivity contribution in [2.75, 3.05) is 38.2 Å². The highest BCUT2D eigenvalue weighted by molar-refractivity contribution is 5.89. The topological polar surface area (TPSA) is 32.8 Å². The molecule has 3 aromatic rings. The van der Waals surface area contributed by atoms with E-state index in [1.54, 1.807) is 6.07 Å². The zero-order valence-electron chi connectivity index (χ0n) is 19.8. The fourth-order valence-electron chi connectivity index (χ4n) is 4.27. The molecule has 0 radical (unpaired) electrons. The number of piperazine rings is 1. The predicted molar refractivity (Wildman–Crippen MR) is 136 cm³/mol. The summed E-state index contributed by atoms with van der Waals surface area (Å²) in [6.45, 7) is 5.11. The van der Waals surface area contributed by atoms with E-state index >= 15 is 0 Å². The Morgan fingerprint density at radius 1 is 0.971 bits per heavy atom. The van der Waals surface area contributed by atoms with E-state index in [1.807, 2.05) is 42.2 Å². The number of aryl methyl sites for hydroxylation is 1. The number of carbonyl (C=O) groups excluding carboxylic acids is 1. The quantitative estimate of drug-likeness (QED) is 0.468. The maximum atomic E-state index is 14.1. The average molecular weight is 459 g/mol. The second-order valence-electron chi connectivity index (χ2n) is 8.65. The van der Waals surface area contributed by atoms with Crippen LogP contribution < -0.4 is 9.64 Å². The van der Waals surface area contributed by atoms with Gasteiger partial charge in [-0.1, -0.05) is 60.2 Å². The van der Waals surface area contributed by atoms with Crippen LogP contribution in [0.25, 0.3) is 5.57 Å². The molecule has 0 atom stereocenters. The van der Waals surface area contributed by atoms with Crippen molar-refractivity contribution in [1.29, 1.82) is 0 Å². The van der Waals surface area contributed by atoms with Gasteiger partial charge < -0.3 is 14.5 Å². The van der Waals surface area contributed by atoms with Gasteiger partial charge in [0.15, 0.2) is 11.6 Å². The van der Waals surface area contributed by atoms with Gasteiger partial charge in [-0.3, -0.25) is 4.79 Å². The van der Waals surface area contributed by atoms with Crippen LogP contribution in [0.1, 0.15) is 23.1 Å². The molecule has 0 spiro atoms. The van der Waals surface area contributed by atoms with Gasteiger partial charge in [-0.2, -0.15) is 0 Å². The zero-order valence-corrected chi connectivity index (χ0v) is 19.8. The number of rotatable bonds is 7. The largest absolute Gasteiger partial charge is 0.494 e. The molecular formula is C29H31FN2O2. The van der Waals surface area contributed by atoms with Gasteiger partial charge in [0, 0.05) is 31.9 Å². The maximum Gasteiger partial charge on any atom is 0.227 e. The Kier molecular flexibility index (Phi) is 7.63. The Balaban J connectivity index is 1.46. The number of methoxy groups -OCH3 is 1. The summed E-state index contributed by atoms with van der Waals surface area (Å²) in [6.07, 6.45) is 2.91. The lowest BCUT2D eigenvalue weighted by Gasteiger charge is -2.36. The minimum absolute atomic E-state index is 0.125. The standard InChI is InChI=1S/C29H31FN2O2/c1-22-8-12-24(13-9-22)25(14-10-23-11-15-28(34-2)27(30)20-23)21-29(33)32-18-16-31(17-19-32)26-6-4-3-5-7-26/h3-9,11-15,20H,10,16-19,21H2,1-2H3/b25-14-. The smallest absolute Gasteiger partial charge is 0.227 e. The number of ether oxygens (including phenoxy) is 1. The third kappa shape index (κ3) is 5.84. The first kappa shape index (κ1) is 23.6. The molecule has 1 fully saturated rings. The van der Waals surface area contributed by atoms with Gasteiger partial charge in [-0.25, -0.2) is 4.39 Å². The van der Waals surface area contributed by atoms with Crippen molar-refractivity contribution in [3.8, 4) is 5.75 Å². The van der Waals surface area contributed by atoms with Crippen LogP contribution >= 0.6 is 0 Å². The lowest BCUT2D eigenvalue weighted by atomic mass is 9.98. The molecule has 1 heterocycles. The van der Waals surface area contributed by atoms with Gasteiger partial charge in [-0.05, 0) is 54.3 Å². The molecule has 1 aliphatic rings. The molecule has 0 aromatic heterocycles. The number of nitrogens with zero attached hydrogens (tertiary/aromatic N) is 2. The summed E-state index contributed by atoms with van der Waals surface area (Å²) in [4.78, 5) is 17.5. The number of allylic oxidation sites excluding steroid dienone is 1. The van der Waals surface area contributed by atoms with Gasteiger partial charge in [0.25, 0.3) is 0 Å². The average Bonchev–Trinajstić information content (AvgIpc) is 2.87. The molecule has 0 N–H and O–H groups in total. The Morgan fingerprint density at radius 3 is 2.32 bits per heavy atom. The number of anilines is 1. The first-order valence-corrected chi connectivity index (χ1v) is 11.7. The van der Waals surface area contributed by atoms with Crippen LogP contribution in [-0.4, -0.2) is 44.1 Å². The molecule has 34 heavy (non-hydrogen) atoms. The SMILES string of the molecule is COc1ccc(C/C=C(/CC(=O)N2CCN(c3ccccc3)CC2)c2ccc(C)cc2)cc1F. The number of para-hydroxylation sites is 1. The molecular weight excluding hydrogens is 427 g/mol. The van der Waals surface area contributed by atoms with Crippen LogP contribution in [0.2, 0.25) is 0 Å². The van der Waals surface area contributed by atoms with Crippen LogP contribution in [0.3, 0.4) is 0 Å². The molecule has 0 saturated carbocycles. The van der Waals surface area contributed by atoms with E-state index in [9.17, 15) is 9.18 Å². The van der Waals surface area contributed by atoms with Crippen molar-refractivity contribution in [2.24, 2.45) is 0 Å². The minimum atomic E-state index is -0.377. The Hall–Kier alpha value is -3.60. The van der Waals surface area contributed by atoms with Crippen LogP contribution in [-0.2, 0) is 11.2 Å². The van der Waals surface area contributed by atoms with E-state index in [0.717, 1.165) is 29.8 Å². The number of amides is 1. The highest BCUT2D eigenvalue weighted by atomic mass is 19.1. The number of hydrogen-bond acceptors (Lipinski definition) is 3. The predicted octanol–water partition coefficient (Wildman–Crippen LogP) is 5.51. The lowest BCUT2D eigenvalue weighted by Crippen LogP contribution is -2.48. The van der Waals surface area contributed by atoms with Crippen molar-refractivity contribution in [2.45, 2.75) is 19.8 Å². The Bertz CT molecular complexity index is 1130. The second kappa shape index (κ2) is 11.0. The summed E-state index contributed by atoms with van der Waals surface area (Å²) in [5, 5.41) is 0. The number of halogens is 1. The molecule has 4 rings (SSSR count). The number of benzene rings is 3. The van der Waals surface area contributed by atoms with Crippen LogP contribution in [0.5, 0.6) is 5.75 Å². The number of carbonyl (C=O) groups is 1. The summed E-state index contributed by atoms with van der Waals surface area (Å²) in [6, 6.07) is 23.5. The Morgan fingerprint density at radius 2 is 1.68 bits per heavy atom. The highest BCUT2D eigenvalue weighted by Gasteiger charge is 2.22. The molecule has 5 heteroatoms. The van der Waals surface area contributed by atoms with Crippen molar-refractivity contribution in [1.82, 2.24) is 4.90 Å². The second-order valence-corrected chi connectivity index (χ2v) is 8.65. The van der Waals surface area contributed by atoms with Gasteiger partial charge in [0.1, 0.15) is 0 Å². The fourth-order valence-corrected chi connectivity index (χ4v) is 4.27. The fraction of sp³-hybridized carbons (Fsp3) is 0.276. The van der Waals surface area contributed by atoms with Crippen LogP contribution in [0.4, 0.5) is 10.1 Å². The van der Waals surface area contributed by atoms with E-state index in [1.165, 1.54) is 24.4 Å². The molecule has 176 valence electrons. The summed E-state index contributed by atoms with van der Waals surface area (Å²) in [7, 11) is 1.46. The minimum Gasteiger partial charge on any atom is -0.494 e. The highest BCUT2D eigenvalue weighted by Crippen LogP contribution is 2.24. The van der Waals surface area contributed by atoms with E-state index in [0.29, 0.717) is 25.9 Å². The third-order valence-corrected chi connectivity index (χ3v) is 6.32. The van der Waals surface area contributed by atoms with E-state index in [-0.39, 0.29) is 17.5 Å².